The number of hydrogen-bond donors (Lipinski definition) is 1. The molecule has 2 saturated carbocycles. The summed E-state index contributed by atoms with van der Waals surface area (Å²) in [5.74, 6) is -5.33. The first-order chi connectivity index (χ1) is 20.0. The van der Waals surface area contributed by atoms with Crippen LogP contribution in [0.25, 0.3) is 5.69 Å². The van der Waals surface area contributed by atoms with Crippen LogP contribution in [0.3, 0.4) is 0 Å². The summed E-state index contributed by atoms with van der Waals surface area (Å²) in [4.78, 5) is 26.6. The molecule has 3 aliphatic rings. The molecule has 5 atom stereocenters. The van der Waals surface area contributed by atoms with Gasteiger partial charge >= 0.3 is 5.97 Å². The molecule has 2 heterocycles. The van der Waals surface area contributed by atoms with Crippen LogP contribution in [-0.2, 0) is 31.5 Å². The Bertz CT molecular complexity index is 1670. The zero-order valence-electron chi connectivity index (χ0n) is 22.9. The van der Waals surface area contributed by atoms with Crippen LogP contribution in [0.2, 0.25) is 0 Å². The van der Waals surface area contributed by atoms with E-state index in [2.05, 4.69) is 10.4 Å². The van der Waals surface area contributed by atoms with Crippen molar-refractivity contribution in [1.29, 1.82) is 0 Å². The molecule has 2 fully saturated rings. The summed E-state index contributed by atoms with van der Waals surface area (Å²) in [7, 11) is -3.74. The van der Waals surface area contributed by atoms with Gasteiger partial charge in [-0.15, -0.1) is 0 Å². The number of rotatable bonds is 7. The molecule has 0 saturated heterocycles. The molecule has 6 rings (SSSR count). The van der Waals surface area contributed by atoms with Crippen molar-refractivity contribution < 1.29 is 35.9 Å². The Balaban J connectivity index is 1.44. The van der Waals surface area contributed by atoms with Gasteiger partial charge in [0, 0.05) is 23.6 Å². The largest absolute Gasteiger partial charge is 0.466 e. The van der Waals surface area contributed by atoms with E-state index >= 15 is 4.39 Å². The number of carbonyl (C=O) groups excluding carboxylic acids is 2. The standard InChI is InChI=1S/C30H30F3N3O5S/c1-2-41-30(38)25-17-6-7-18(12-17)26(25)34-29(37)27-22-15-42(39,40)14-19(10-16-4-3-5-20(31)11-16)28(22)36(35-27)24-9-8-21(32)13-23(24)33/h3-5,8-9,11,13,17-19,25-26H,2,6-7,10,12,14-15H2,1H3,(H,34,37)/t17-,18-,19+,25-,26+/m1/s1. The fourth-order valence-corrected chi connectivity index (χ4v) is 8.84. The van der Waals surface area contributed by atoms with Crippen molar-refractivity contribution in [3.05, 3.63) is 82.4 Å². The molecule has 12 heteroatoms. The van der Waals surface area contributed by atoms with Gasteiger partial charge in [-0.3, -0.25) is 9.59 Å². The molecule has 2 aliphatic carbocycles. The number of sulfone groups is 1. The maximum Gasteiger partial charge on any atom is 0.311 e. The zero-order valence-corrected chi connectivity index (χ0v) is 23.7. The molecule has 2 bridgehead atoms. The number of aromatic nitrogens is 2. The highest BCUT2D eigenvalue weighted by Gasteiger charge is 2.52. The number of benzene rings is 2. The second-order valence-electron chi connectivity index (χ2n) is 11.4. The number of halogens is 3. The highest BCUT2D eigenvalue weighted by atomic mass is 32.2. The average molecular weight is 602 g/mol. The van der Waals surface area contributed by atoms with Crippen LogP contribution in [0.4, 0.5) is 13.2 Å². The minimum atomic E-state index is -3.74. The van der Waals surface area contributed by atoms with E-state index in [1.54, 1.807) is 13.0 Å². The Morgan fingerprint density at radius 3 is 2.57 bits per heavy atom. The minimum Gasteiger partial charge on any atom is -0.466 e. The number of ether oxygens (including phenoxy) is 1. The van der Waals surface area contributed by atoms with Gasteiger partial charge in [0.25, 0.3) is 5.91 Å². The third-order valence-electron chi connectivity index (χ3n) is 8.73. The monoisotopic (exact) mass is 601 g/mol. The van der Waals surface area contributed by atoms with Crippen LogP contribution in [0, 0.1) is 35.2 Å². The summed E-state index contributed by atoms with van der Waals surface area (Å²) in [5, 5.41) is 7.37. The molecule has 1 amide bonds. The number of fused-ring (bicyclic) bond motifs is 3. The van der Waals surface area contributed by atoms with E-state index in [0.29, 0.717) is 17.3 Å². The van der Waals surface area contributed by atoms with Crippen molar-refractivity contribution >= 4 is 21.7 Å². The van der Waals surface area contributed by atoms with E-state index in [0.717, 1.165) is 25.3 Å². The van der Waals surface area contributed by atoms with E-state index in [1.807, 2.05) is 0 Å². The van der Waals surface area contributed by atoms with Crippen molar-refractivity contribution in [3.8, 4) is 5.69 Å². The van der Waals surface area contributed by atoms with Crippen molar-refractivity contribution in [3.63, 3.8) is 0 Å². The zero-order chi connectivity index (χ0) is 29.8. The minimum absolute atomic E-state index is 0.0604. The highest BCUT2D eigenvalue weighted by molar-refractivity contribution is 7.90. The van der Waals surface area contributed by atoms with Gasteiger partial charge in [-0.2, -0.15) is 5.10 Å². The summed E-state index contributed by atoms with van der Waals surface area (Å²) in [5.41, 5.74) is 0.561. The molecule has 1 aliphatic heterocycles. The molecule has 0 unspecified atom stereocenters. The molecule has 1 aromatic heterocycles. The van der Waals surface area contributed by atoms with Gasteiger partial charge in [0.05, 0.1) is 29.7 Å². The Morgan fingerprint density at radius 1 is 1.07 bits per heavy atom. The number of hydrogen-bond acceptors (Lipinski definition) is 6. The Labute approximate surface area is 241 Å². The lowest BCUT2D eigenvalue weighted by Gasteiger charge is -2.30. The van der Waals surface area contributed by atoms with Crippen molar-refractivity contribution in [1.82, 2.24) is 15.1 Å². The number of nitrogens with one attached hydrogen (secondary N) is 1. The van der Waals surface area contributed by atoms with Gasteiger partial charge in [0.2, 0.25) is 0 Å². The van der Waals surface area contributed by atoms with Crippen LogP contribution < -0.4 is 5.32 Å². The summed E-state index contributed by atoms with van der Waals surface area (Å²) in [6.45, 7) is 1.92. The van der Waals surface area contributed by atoms with Crippen molar-refractivity contribution in [2.45, 2.75) is 50.3 Å². The topological polar surface area (TPSA) is 107 Å². The molecule has 0 radical (unpaired) electrons. The molecule has 2 aromatic carbocycles. The van der Waals surface area contributed by atoms with Crippen LogP contribution in [0.1, 0.15) is 59.4 Å². The molecular formula is C30H30F3N3O5S. The molecule has 0 spiro atoms. The second kappa shape index (κ2) is 10.9. The highest BCUT2D eigenvalue weighted by Crippen LogP contribution is 2.49. The average Bonchev–Trinajstić information content (AvgIpc) is 3.62. The Morgan fingerprint density at radius 2 is 1.83 bits per heavy atom. The van der Waals surface area contributed by atoms with E-state index in [-0.39, 0.29) is 53.5 Å². The van der Waals surface area contributed by atoms with Gasteiger partial charge in [-0.05, 0) is 74.3 Å². The van der Waals surface area contributed by atoms with E-state index < -0.39 is 56.8 Å². The molecule has 42 heavy (non-hydrogen) atoms. The van der Waals surface area contributed by atoms with E-state index in [4.69, 9.17) is 4.74 Å². The molecule has 8 nitrogen and oxygen atoms in total. The van der Waals surface area contributed by atoms with Crippen LogP contribution in [0.15, 0.2) is 42.5 Å². The molecular weight excluding hydrogens is 571 g/mol. The third-order valence-corrected chi connectivity index (χ3v) is 10.4. The molecule has 222 valence electrons. The lowest BCUT2D eigenvalue weighted by atomic mass is 9.84. The maximum atomic E-state index is 15.1. The van der Waals surface area contributed by atoms with Gasteiger partial charge in [0.15, 0.2) is 21.3 Å². The number of nitrogens with zero attached hydrogens (tertiary/aromatic N) is 2. The van der Waals surface area contributed by atoms with Crippen molar-refractivity contribution in [2.75, 3.05) is 12.4 Å². The van der Waals surface area contributed by atoms with Gasteiger partial charge in [0.1, 0.15) is 17.3 Å². The van der Waals surface area contributed by atoms with Crippen LogP contribution in [-0.4, -0.2) is 48.5 Å². The summed E-state index contributed by atoms with van der Waals surface area (Å²) in [6, 6.07) is 8.12. The predicted molar refractivity (Wildman–Crippen MR) is 146 cm³/mol. The van der Waals surface area contributed by atoms with Gasteiger partial charge < -0.3 is 10.1 Å². The number of amides is 1. The number of esters is 1. The summed E-state index contributed by atoms with van der Waals surface area (Å²) >= 11 is 0. The van der Waals surface area contributed by atoms with Gasteiger partial charge in [-0.25, -0.2) is 26.3 Å². The Hall–Kier alpha value is -3.67. The quantitative estimate of drug-likeness (QED) is 0.406. The summed E-state index contributed by atoms with van der Waals surface area (Å²) in [6.07, 6.45) is 2.54. The first-order valence-corrected chi connectivity index (χ1v) is 15.9. The fourth-order valence-electron chi connectivity index (χ4n) is 7.11. The van der Waals surface area contributed by atoms with E-state index in [9.17, 15) is 26.8 Å². The van der Waals surface area contributed by atoms with Gasteiger partial charge in [-0.1, -0.05) is 12.1 Å². The lowest BCUT2D eigenvalue weighted by Crippen LogP contribution is -2.47. The second-order valence-corrected chi connectivity index (χ2v) is 13.5. The van der Waals surface area contributed by atoms with E-state index in [1.165, 1.54) is 28.9 Å². The third kappa shape index (κ3) is 5.21. The SMILES string of the molecule is CCOC(=O)[C@@H]1[C@@H]2CC[C@H](C2)[C@@H]1NC(=O)c1nn(-c2ccc(F)cc2F)c2c1CS(=O)(=O)C[C@@H]2Cc1cccc(F)c1. The van der Waals surface area contributed by atoms with Crippen molar-refractivity contribution in [2.24, 2.45) is 17.8 Å². The predicted octanol–water partition coefficient (Wildman–Crippen LogP) is 4.25. The maximum absolute atomic E-state index is 15.1. The molecule has 3 aromatic rings. The summed E-state index contributed by atoms with van der Waals surface area (Å²) < 4.78 is 75.7. The smallest absolute Gasteiger partial charge is 0.311 e. The normalized spacial score (nSPS) is 25.7. The molecule has 1 N–H and O–H groups in total. The van der Waals surface area contributed by atoms with Crippen LogP contribution >= 0.6 is 0 Å². The van der Waals surface area contributed by atoms with Crippen LogP contribution in [0.5, 0.6) is 0 Å². The first kappa shape index (κ1) is 28.4. The lowest BCUT2D eigenvalue weighted by molar-refractivity contribution is -0.150. The number of carbonyl (C=O) groups is 2. The Kier molecular flexibility index (Phi) is 7.36. The fraction of sp³-hybridized carbons (Fsp3) is 0.433. The first-order valence-electron chi connectivity index (χ1n) is 14.0.